The lowest BCUT2D eigenvalue weighted by Crippen LogP contribution is -2.45. The predicted molar refractivity (Wildman–Crippen MR) is 302 cm³/mol. The number of carbonyl (C=O) groups is 1. The zero-order chi connectivity index (χ0) is 51.3. The van der Waals surface area contributed by atoms with E-state index < -0.39 is 26.6 Å². The van der Waals surface area contributed by atoms with Crippen LogP contribution in [-0.2, 0) is 18.4 Å². The van der Waals surface area contributed by atoms with Gasteiger partial charge in [-0.2, -0.15) is 0 Å². The molecule has 0 aliphatic rings. The van der Waals surface area contributed by atoms with E-state index in [9.17, 15) is 19.4 Å². The van der Waals surface area contributed by atoms with Crippen molar-refractivity contribution < 1.29 is 32.9 Å². The first kappa shape index (κ1) is 68.7. The number of carbonyl (C=O) groups excluding carboxylic acids is 1. The number of amides is 1. The maximum atomic E-state index is 12.9. The molecule has 0 aromatic heterocycles. The molecule has 0 spiro atoms. The van der Waals surface area contributed by atoms with Crippen molar-refractivity contribution in [2.45, 2.75) is 309 Å². The maximum Gasteiger partial charge on any atom is 0.268 e. The minimum Gasteiger partial charge on any atom is -0.756 e. The third kappa shape index (κ3) is 54.5. The topological polar surface area (TPSA) is 108 Å². The van der Waals surface area contributed by atoms with E-state index >= 15 is 0 Å². The van der Waals surface area contributed by atoms with Crippen LogP contribution in [0.25, 0.3) is 0 Å². The number of aliphatic hydroxyl groups excluding tert-OH is 1. The molecule has 0 bridgehead atoms. The van der Waals surface area contributed by atoms with Crippen molar-refractivity contribution in [2.75, 3.05) is 40.9 Å². The van der Waals surface area contributed by atoms with Gasteiger partial charge in [-0.3, -0.25) is 9.36 Å². The first-order valence-electron chi connectivity index (χ1n) is 30.4. The molecule has 9 heteroatoms. The molecule has 70 heavy (non-hydrogen) atoms. The highest BCUT2D eigenvalue weighted by molar-refractivity contribution is 7.45. The Morgan fingerprint density at radius 2 is 0.800 bits per heavy atom. The molecule has 1 amide bonds. The van der Waals surface area contributed by atoms with E-state index in [4.69, 9.17) is 9.05 Å². The van der Waals surface area contributed by atoms with Crippen molar-refractivity contribution in [3.8, 4) is 0 Å². The first-order chi connectivity index (χ1) is 34.0. The van der Waals surface area contributed by atoms with Crippen molar-refractivity contribution >= 4 is 13.7 Å². The van der Waals surface area contributed by atoms with Gasteiger partial charge in [-0.15, -0.1) is 0 Å². The number of quaternary nitrogens is 1. The summed E-state index contributed by atoms with van der Waals surface area (Å²) in [5.41, 5.74) is 0. The predicted octanol–water partition coefficient (Wildman–Crippen LogP) is 17.9. The molecule has 0 rings (SSSR count). The summed E-state index contributed by atoms with van der Waals surface area (Å²) in [4.78, 5) is 25.5. The quantitative estimate of drug-likeness (QED) is 0.0272. The lowest BCUT2D eigenvalue weighted by atomic mass is 10.0. The van der Waals surface area contributed by atoms with Crippen molar-refractivity contribution in [3.05, 3.63) is 36.5 Å². The van der Waals surface area contributed by atoms with Crippen LogP contribution in [0.15, 0.2) is 36.5 Å². The normalized spacial score (nSPS) is 14.1. The van der Waals surface area contributed by atoms with Crippen molar-refractivity contribution in [3.63, 3.8) is 0 Å². The molecule has 2 N–H and O–H groups in total. The molecule has 0 radical (unpaired) electrons. The lowest BCUT2D eigenvalue weighted by Gasteiger charge is -2.29. The number of unbranched alkanes of at least 4 members (excludes halogenated alkanes) is 39. The number of hydrogen-bond acceptors (Lipinski definition) is 6. The zero-order valence-corrected chi connectivity index (χ0v) is 48.1. The van der Waals surface area contributed by atoms with Crippen LogP contribution in [-0.4, -0.2) is 68.5 Å². The summed E-state index contributed by atoms with van der Waals surface area (Å²) in [6.07, 6.45) is 68.3. The monoisotopic (exact) mass is 1010 g/mol. The van der Waals surface area contributed by atoms with Gasteiger partial charge in [0.25, 0.3) is 7.82 Å². The Bertz CT molecular complexity index is 1230. The van der Waals surface area contributed by atoms with Gasteiger partial charge in [0, 0.05) is 6.42 Å². The summed E-state index contributed by atoms with van der Waals surface area (Å²) in [7, 11) is 1.24. The molecule has 0 fully saturated rings. The number of phosphoric acid groups is 1. The summed E-state index contributed by atoms with van der Waals surface area (Å²) in [5.74, 6) is -0.207. The van der Waals surface area contributed by atoms with Gasteiger partial charge in [-0.05, 0) is 44.9 Å². The molecule has 0 aliphatic carbocycles. The summed E-state index contributed by atoms with van der Waals surface area (Å²) < 4.78 is 23.3. The average molecular weight is 1010 g/mol. The van der Waals surface area contributed by atoms with Gasteiger partial charge in [0.2, 0.25) is 5.91 Å². The molecule has 0 heterocycles. The Morgan fingerprint density at radius 1 is 0.486 bits per heavy atom. The Morgan fingerprint density at radius 3 is 1.16 bits per heavy atom. The van der Waals surface area contributed by atoms with Crippen LogP contribution in [0.5, 0.6) is 0 Å². The second-order valence-electron chi connectivity index (χ2n) is 22.0. The number of hydrogen-bond donors (Lipinski definition) is 2. The molecule has 0 saturated heterocycles. The van der Waals surface area contributed by atoms with Crippen LogP contribution in [0.3, 0.4) is 0 Å². The van der Waals surface area contributed by atoms with Crippen LogP contribution < -0.4 is 10.2 Å². The highest BCUT2D eigenvalue weighted by atomic mass is 31.2. The number of allylic oxidation sites excluding steroid dienone is 5. The smallest absolute Gasteiger partial charge is 0.268 e. The largest absolute Gasteiger partial charge is 0.756 e. The second-order valence-corrected chi connectivity index (χ2v) is 23.5. The number of phosphoric ester groups is 1. The fraction of sp³-hybridized carbons (Fsp3) is 0.885. The molecule has 3 atom stereocenters. The highest BCUT2D eigenvalue weighted by Crippen LogP contribution is 2.38. The molecule has 3 unspecified atom stereocenters. The number of likely N-dealkylation sites (N-methyl/N-ethyl adjacent to an activating group) is 1. The summed E-state index contributed by atoms with van der Waals surface area (Å²) in [6.45, 7) is 4.63. The van der Waals surface area contributed by atoms with Gasteiger partial charge in [0.1, 0.15) is 13.2 Å². The van der Waals surface area contributed by atoms with Crippen LogP contribution >= 0.6 is 7.82 Å². The molecule has 0 saturated carbocycles. The summed E-state index contributed by atoms with van der Waals surface area (Å²) in [6, 6.07) is -0.907. The fourth-order valence-electron chi connectivity index (χ4n) is 9.07. The second kappa shape index (κ2) is 52.6. The van der Waals surface area contributed by atoms with Gasteiger partial charge in [0.05, 0.1) is 39.9 Å². The summed E-state index contributed by atoms with van der Waals surface area (Å²) >= 11 is 0. The van der Waals surface area contributed by atoms with E-state index in [1.807, 2.05) is 27.2 Å². The fourth-order valence-corrected chi connectivity index (χ4v) is 9.79. The molecule has 8 nitrogen and oxygen atoms in total. The van der Waals surface area contributed by atoms with Crippen molar-refractivity contribution in [2.24, 2.45) is 0 Å². The molecule has 0 aliphatic heterocycles. The minimum absolute atomic E-state index is 0.00759. The van der Waals surface area contributed by atoms with Crippen LogP contribution in [0.4, 0.5) is 0 Å². The number of rotatable bonds is 56. The zero-order valence-electron chi connectivity index (χ0n) is 47.2. The minimum atomic E-state index is -4.60. The van der Waals surface area contributed by atoms with E-state index in [1.54, 1.807) is 6.08 Å². The van der Waals surface area contributed by atoms with Gasteiger partial charge >= 0.3 is 0 Å². The Hall–Kier alpha value is -1.28. The summed E-state index contributed by atoms with van der Waals surface area (Å²) in [5, 5.41) is 13.8. The Balaban J connectivity index is 3.98. The molecular weight excluding hydrogens is 888 g/mol. The van der Waals surface area contributed by atoms with Crippen LogP contribution in [0, 0.1) is 0 Å². The maximum absolute atomic E-state index is 12.9. The lowest BCUT2D eigenvalue weighted by molar-refractivity contribution is -0.870. The van der Waals surface area contributed by atoms with Gasteiger partial charge in [-0.25, -0.2) is 0 Å². The van der Waals surface area contributed by atoms with Gasteiger partial charge < -0.3 is 28.8 Å². The number of nitrogens with zero attached hydrogens (tertiary/aromatic N) is 1. The van der Waals surface area contributed by atoms with E-state index in [0.717, 1.165) is 44.9 Å². The van der Waals surface area contributed by atoms with Crippen LogP contribution in [0.1, 0.15) is 296 Å². The van der Waals surface area contributed by atoms with Crippen LogP contribution in [0.2, 0.25) is 0 Å². The first-order valence-corrected chi connectivity index (χ1v) is 31.8. The molecule has 0 aromatic carbocycles. The molecule has 0 aromatic rings. The van der Waals surface area contributed by atoms with E-state index in [2.05, 4.69) is 43.5 Å². The third-order valence-electron chi connectivity index (χ3n) is 13.8. The van der Waals surface area contributed by atoms with Gasteiger partial charge in [-0.1, -0.05) is 281 Å². The SMILES string of the molecule is CCCCCC/C=C/CC/C=C/CC/C=C/C(O)C(COP(=O)([O-])OCC[N+](C)(C)C)NC(=O)CCCCCCCCCCCCCCCCCCCCCCCCCCCCCCCCCCCC. The van der Waals surface area contributed by atoms with Gasteiger partial charge in [0.15, 0.2) is 0 Å². The Kier molecular flexibility index (Phi) is 51.6. The number of nitrogens with one attached hydrogen (secondary N) is 1. The third-order valence-corrected chi connectivity index (χ3v) is 14.8. The average Bonchev–Trinajstić information content (AvgIpc) is 3.32. The van der Waals surface area contributed by atoms with Crippen molar-refractivity contribution in [1.29, 1.82) is 0 Å². The molecule has 414 valence electrons. The Labute approximate surface area is 436 Å². The van der Waals surface area contributed by atoms with E-state index in [0.29, 0.717) is 17.4 Å². The van der Waals surface area contributed by atoms with E-state index in [1.165, 1.54) is 231 Å². The standard InChI is InChI=1S/C61H119N2O6P/c1-6-8-10-12-14-16-18-20-22-23-24-25-26-27-28-29-30-31-32-33-34-35-36-37-38-39-40-41-43-45-47-49-51-53-55-61(65)62-59(58-69-70(66,67)68-57-56-63(3,4)5)60(64)54-52-50-48-46-44-42-21-19-17-15-13-11-9-7-2/h17,19,44,46,52,54,59-60,64H,6-16,18,20-43,45,47-51,53,55-58H2,1-5H3,(H-,62,65,66,67)/b19-17+,46-44+,54-52+. The molecular formula is C61H119N2O6P. The van der Waals surface area contributed by atoms with Crippen molar-refractivity contribution in [1.82, 2.24) is 5.32 Å². The number of aliphatic hydroxyl groups is 1. The highest BCUT2D eigenvalue weighted by Gasteiger charge is 2.23. The van der Waals surface area contributed by atoms with E-state index in [-0.39, 0.29) is 12.5 Å².